The molecule has 1 amide bonds. The molecule has 3 heterocycles. The van der Waals surface area contributed by atoms with Gasteiger partial charge < -0.3 is 19.3 Å². The molecule has 1 atom stereocenters. The number of ether oxygens (including phenoxy) is 2. The van der Waals surface area contributed by atoms with Gasteiger partial charge in [-0.15, -0.1) is 0 Å². The van der Waals surface area contributed by atoms with Crippen molar-refractivity contribution in [3.63, 3.8) is 0 Å². The number of hydrogen-bond donors (Lipinski definition) is 0. The second kappa shape index (κ2) is 10.3. The fourth-order valence-corrected chi connectivity index (χ4v) is 4.29. The van der Waals surface area contributed by atoms with Gasteiger partial charge in [0.15, 0.2) is 0 Å². The van der Waals surface area contributed by atoms with Crippen LogP contribution in [0, 0.1) is 0 Å². The van der Waals surface area contributed by atoms with Gasteiger partial charge in [-0.25, -0.2) is 9.97 Å². The summed E-state index contributed by atoms with van der Waals surface area (Å²) in [5.41, 5.74) is 2.71. The van der Waals surface area contributed by atoms with Crippen LogP contribution in [0.2, 0.25) is 0 Å². The van der Waals surface area contributed by atoms with E-state index in [1.165, 1.54) is 19.3 Å². The first-order valence-electron chi connectivity index (χ1n) is 11.4. The predicted molar refractivity (Wildman–Crippen MR) is 124 cm³/mol. The number of amides is 1. The second-order valence-electron chi connectivity index (χ2n) is 8.63. The van der Waals surface area contributed by atoms with E-state index in [0.29, 0.717) is 32.2 Å². The molecule has 4 rings (SSSR count). The van der Waals surface area contributed by atoms with E-state index in [4.69, 9.17) is 14.5 Å². The third-order valence-corrected chi connectivity index (χ3v) is 6.14. The van der Waals surface area contributed by atoms with Crippen LogP contribution in [0.5, 0.6) is 5.75 Å². The highest BCUT2D eigenvalue weighted by molar-refractivity contribution is 5.78. The van der Waals surface area contributed by atoms with E-state index in [1.807, 2.05) is 54.4 Å². The van der Waals surface area contributed by atoms with Crippen LogP contribution in [0.25, 0.3) is 11.1 Å². The maximum Gasteiger partial charge on any atom is 0.236 e. The lowest BCUT2D eigenvalue weighted by molar-refractivity contribution is -0.140. The third kappa shape index (κ3) is 5.19. The maximum atomic E-state index is 13.0. The Morgan fingerprint density at radius 1 is 1.16 bits per heavy atom. The van der Waals surface area contributed by atoms with Crippen LogP contribution in [0.15, 0.2) is 30.5 Å². The lowest BCUT2D eigenvalue weighted by atomic mass is 10.0. The lowest BCUT2D eigenvalue weighted by Gasteiger charge is -2.35. The first-order chi connectivity index (χ1) is 15.5. The van der Waals surface area contributed by atoms with E-state index >= 15 is 0 Å². The van der Waals surface area contributed by atoms with Crippen molar-refractivity contribution in [3.8, 4) is 16.9 Å². The van der Waals surface area contributed by atoms with E-state index in [1.54, 1.807) is 7.11 Å². The van der Waals surface area contributed by atoms with Gasteiger partial charge in [0.25, 0.3) is 0 Å². The minimum absolute atomic E-state index is 0.174. The van der Waals surface area contributed by atoms with Gasteiger partial charge in [-0.3, -0.25) is 9.69 Å². The van der Waals surface area contributed by atoms with E-state index in [2.05, 4.69) is 9.88 Å². The van der Waals surface area contributed by atoms with E-state index < -0.39 is 0 Å². The normalized spacial score (nSPS) is 19.6. The molecule has 0 bridgehead atoms. The summed E-state index contributed by atoms with van der Waals surface area (Å²) >= 11 is 0. The Bertz CT molecular complexity index is 912. The molecule has 0 N–H and O–H groups in total. The third-order valence-electron chi connectivity index (χ3n) is 6.14. The molecule has 1 unspecified atom stereocenters. The van der Waals surface area contributed by atoms with Crippen molar-refractivity contribution in [2.24, 2.45) is 0 Å². The summed E-state index contributed by atoms with van der Waals surface area (Å²) in [7, 11) is 5.49. The number of carbonyl (C=O) groups is 1. The van der Waals surface area contributed by atoms with Crippen LogP contribution >= 0.6 is 0 Å². The van der Waals surface area contributed by atoms with Crippen LogP contribution in [0.3, 0.4) is 0 Å². The standard InChI is InChI=1S/C24H33N5O3/c1-27(2)24-25-15-20(18-7-9-19(31-3)10-8-18)23(26-24)21-16-29(13-14-32-21)22(30)17-28-11-5-4-6-12-28/h7-10,15,21H,4-6,11-14,16-17H2,1-3H3. The number of anilines is 1. The Morgan fingerprint density at radius 2 is 1.91 bits per heavy atom. The van der Waals surface area contributed by atoms with E-state index in [0.717, 1.165) is 35.7 Å². The smallest absolute Gasteiger partial charge is 0.236 e. The number of rotatable bonds is 6. The molecular formula is C24H33N5O3. The molecule has 0 aliphatic carbocycles. The van der Waals surface area contributed by atoms with Gasteiger partial charge in [0.05, 0.1) is 32.5 Å². The van der Waals surface area contributed by atoms with Crippen LogP contribution in [-0.4, -0.2) is 86.2 Å². The first-order valence-corrected chi connectivity index (χ1v) is 11.4. The van der Waals surface area contributed by atoms with Crippen LogP contribution in [-0.2, 0) is 9.53 Å². The van der Waals surface area contributed by atoms with Gasteiger partial charge in [0.1, 0.15) is 11.9 Å². The summed E-state index contributed by atoms with van der Waals surface area (Å²) in [4.78, 5) is 28.5. The Hall–Kier alpha value is -2.71. The molecule has 2 aliphatic heterocycles. The largest absolute Gasteiger partial charge is 0.497 e. The second-order valence-corrected chi connectivity index (χ2v) is 8.63. The maximum absolute atomic E-state index is 13.0. The average Bonchev–Trinajstić information content (AvgIpc) is 2.84. The molecule has 32 heavy (non-hydrogen) atoms. The minimum atomic E-state index is -0.298. The highest BCUT2D eigenvalue weighted by Crippen LogP contribution is 2.32. The Morgan fingerprint density at radius 3 is 2.59 bits per heavy atom. The van der Waals surface area contributed by atoms with Crippen molar-refractivity contribution >= 4 is 11.9 Å². The molecule has 1 aromatic heterocycles. The summed E-state index contributed by atoms with van der Waals surface area (Å²) in [6.07, 6.45) is 5.17. The molecule has 0 radical (unpaired) electrons. The molecule has 8 heteroatoms. The van der Waals surface area contributed by atoms with Crippen molar-refractivity contribution in [2.45, 2.75) is 25.4 Å². The molecule has 2 aliphatic rings. The van der Waals surface area contributed by atoms with Gasteiger partial charge in [-0.1, -0.05) is 18.6 Å². The zero-order valence-corrected chi connectivity index (χ0v) is 19.3. The summed E-state index contributed by atoms with van der Waals surface area (Å²) in [6.45, 7) is 4.13. The monoisotopic (exact) mass is 439 g/mol. The number of likely N-dealkylation sites (tertiary alicyclic amines) is 1. The number of hydrogen-bond acceptors (Lipinski definition) is 7. The number of nitrogens with zero attached hydrogens (tertiary/aromatic N) is 5. The SMILES string of the molecule is COc1ccc(-c2cnc(N(C)C)nc2C2CN(C(=O)CN3CCCCC3)CCO2)cc1. The van der Waals surface area contributed by atoms with Gasteiger partial charge in [-0.2, -0.15) is 0 Å². The summed E-state index contributed by atoms with van der Waals surface area (Å²) < 4.78 is 11.4. The van der Waals surface area contributed by atoms with Gasteiger partial charge in [0, 0.05) is 32.4 Å². The molecule has 2 saturated heterocycles. The van der Waals surface area contributed by atoms with Crippen LogP contribution in [0.4, 0.5) is 5.95 Å². The van der Waals surface area contributed by atoms with Crippen molar-refractivity contribution in [1.82, 2.24) is 19.8 Å². The number of morpholine rings is 1. The van der Waals surface area contributed by atoms with Crippen molar-refractivity contribution < 1.29 is 14.3 Å². The number of aromatic nitrogens is 2. The number of carbonyl (C=O) groups excluding carboxylic acids is 1. The van der Waals surface area contributed by atoms with E-state index in [-0.39, 0.29) is 12.0 Å². The van der Waals surface area contributed by atoms with Crippen LogP contribution in [0.1, 0.15) is 31.1 Å². The lowest BCUT2D eigenvalue weighted by Crippen LogP contribution is -2.47. The van der Waals surface area contributed by atoms with Crippen molar-refractivity contribution in [3.05, 3.63) is 36.2 Å². The molecular weight excluding hydrogens is 406 g/mol. The highest BCUT2D eigenvalue weighted by atomic mass is 16.5. The highest BCUT2D eigenvalue weighted by Gasteiger charge is 2.30. The summed E-state index contributed by atoms with van der Waals surface area (Å²) in [5.74, 6) is 1.59. The Balaban J connectivity index is 1.57. The average molecular weight is 440 g/mol. The molecule has 2 fully saturated rings. The van der Waals surface area contributed by atoms with Crippen molar-refractivity contribution in [2.75, 3.05) is 65.4 Å². The zero-order chi connectivity index (χ0) is 22.5. The summed E-state index contributed by atoms with van der Waals surface area (Å²) in [6, 6.07) is 7.85. The van der Waals surface area contributed by atoms with Crippen molar-refractivity contribution in [1.29, 1.82) is 0 Å². The molecule has 172 valence electrons. The van der Waals surface area contributed by atoms with Gasteiger partial charge in [0.2, 0.25) is 11.9 Å². The Kier molecular flexibility index (Phi) is 7.22. The number of benzene rings is 1. The molecule has 2 aromatic rings. The number of piperidine rings is 1. The first kappa shape index (κ1) is 22.5. The fraction of sp³-hybridized carbons (Fsp3) is 0.542. The summed E-state index contributed by atoms with van der Waals surface area (Å²) in [5, 5.41) is 0. The van der Waals surface area contributed by atoms with Gasteiger partial charge >= 0.3 is 0 Å². The quantitative estimate of drug-likeness (QED) is 0.685. The predicted octanol–water partition coefficient (Wildman–Crippen LogP) is 2.60. The molecule has 0 spiro atoms. The topological polar surface area (TPSA) is 71.0 Å². The minimum Gasteiger partial charge on any atom is -0.497 e. The fourth-order valence-electron chi connectivity index (χ4n) is 4.29. The van der Waals surface area contributed by atoms with E-state index in [9.17, 15) is 4.79 Å². The van der Waals surface area contributed by atoms with Gasteiger partial charge in [-0.05, 0) is 43.6 Å². The zero-order valence-electron chi connectivity index (χ0n) is 19.3. The molecule has 0 saturated carbocycles. The molecule has 1 aromatic carbocycles. The Labute approximate surface area is 190 Å². The number of methoxy groups -OCH3 is 1. The molecule has 8 nitrogen and oxygen atoms in total. The van der Waals surface area contributed by atoms with Crippen LogP contribution < -0.4 is 9.64 Å².